The Bertz CT molecular complexity index is 665. The number of aliphatic hydroxyl groups excluding tert-OH is 1. The fourth-order valence-electron chi connectivity index (χ4n) is 2.86. The van der Waals surface area contributed by atoms with Crippen LogP contribution in [0.3, 0.4) is 0 Å². The van der Waals surface area contributed by atoms with Crippen molar-refractivity contribution >= 4 is 25.5 Å². The summed E-state index contributed by atoms with van der Waals surface area (Å²) in [6, 6.07) is -0.269. The maximum absolute atomic E-state index is 12.3. The van der Waals surface area contributed by atoms with E-state index in [2.05, 4.69) is 9.97 Å². The van der Waals surface area contributed by atoms with Gasteiger partial charge in [0.2, 0.25) is 11.8 Å². The van der Waals surface area contributed by atoms with Gasteiger partial charge in [-0.3, -0.25) is 9.59 Å². The van der Waals surface area contributed by atoms with Crippen molar-refractivity contribution < 1.29 is 39.0 Å². The molecule has 12 heteroatoms. The first-order valence-corrected chi connectivity index (χ1v) is 10.0. The Morgan fingerprint density at radius 1 is 1.35 bits per heavy atom. The lowest BCUT2D eigenvalue weighted by molar-refractivity contribution is -0.143. The van der Waals surface area contributed by atoms with Crippen molar-refractivity contribution in [3.05, 3.63) is 23.5 Å². The van der Waals surface area contributed by atoms with Gasteiger partial charge in [-0.25, -0.2) is 4.79 Å². The number of unbranched alkanes of at least 4 members (excludes halogenated alkanes) is 1. The van der Waals surface area contributed by atoms with Crippen molar-refractivity contribution in [1.82, 2.24) is 10.2 Å². The Labute approximate surface area is 182 Å². The number of aliphatic carboxylic acids is 1. The lowest BCUT2D eigenvalue weighted by Gasteiger charge is -2.39. The number of rotatable bonds is 15. The Hall–Kier alpha value is -2.41. The standard InChI is InChI=1S/C19H31BN3O8/c1-13(25)22-14(9-21)6-7-18(26)23-10-15(11-23)31-17(5-3-2-4-8-24)16(19(27)28)12-30-20-29/h3,5,14-15,24,29H,2,4,6-12,21H2,1H3,(H,22,25)(H,27,28)/b5-3-,17-16-/t14-/m0/s1. The summed E-state index contributed by atoms with van der Waals surface area (Å²) in [4.78, 5) is 36.6. The molecule has 173 valence electrons. The van der Waals surface area contributed by atoms with Crippen molar-refractivity contribution in [2.24, 2.45) is 5.73 Å². The third-order valence-electron chi connectivity index (χ3n) is 4.55. The van der Waals surface area contributed by atoms with Crippen LogP contribution in [-0.4, -0.2) is 90.6 Å². The number of amides is 2. The fraction of sp³-hybridized carbons (Fsp3) is 0.632. The fourth-order valence-corrected chi connectivity index (χ4v) is 2.86. The molecule has 1 fully saturated rings. The number of hydrogen-bond donors (Lipinski definition) is 5. The molecule has 0 aromatic rings. The number of carbonyl (C=O) groups is 3. The summed E-state index contributed by atoms with van der Waals surface area (Å²) < 4.78 is 10.5. The average Bonchev–Trinajstić information content (AvgIpc) is 2.69. The van der Waals surface area contributed by atoms with Crippen LogP contribution >= 0.6 is 0 Å². The normalized spacial score (nSPS) is 15.8. The van der Waals surface area contributed by atoms with E-state index in [1.54, 1.807) is 11.0 Å². The molecule has 0 aliphatic carbocycles. The molecule has 0 spiro atoms. The molecular formula is C19H31BN3O8. The van der Waals surface area contributed by atoms with Crippen LogP contribution in [0.1, 0.15) is 32.6 Å². The van der Waals surface area contributed by atoms with E-state index >= 15 is 0 Å². The minimum Gasteiger partial charge on any atom is -0.486 e. The lowest BCUT2D eigenvalue weighted by Crippen LogP contribution is -2.55. The predicted octanol–water partition coefficient (Wildman–Crippen LogP) is -1.33. The minimum atomic E-state index is -1.26. The number of likely N-dealkylation sites (tertiary alicyclic amines) is 1. The number of nitrogens with two attached hydrogens (primary N) is 1. The third-order valence-corrected chi connectivity index (χ3v) is 4.55. The molecule has 0 bridgehead atoms. The van der Waals surface area contributed by atoms with Gasteiger partial charge in [0.25, 0.3) is 0 Å². The summed E-state index contributed by atoms with van der Waals surface area (Å²) in [6.07, 6.45) is 4.45. The van der Waals surface area contributed by atoms with E-state index in [-0.39, 0.29) is 48.8 Å². The smallest absolute Gasteiger partial charge is 0.485 e. The number of ether oxygens (including phenoxy) is 1. The molecule has 1 saturated heterocycles. The second-order valence-corrected chi connectivity index (χ2v) is 7.04. The van der Waals surface area contributed by atoms with Gasteiger partial charge in [0.15, 0.2) is 0 Å². The molecule has 1 aliphatic heterocycles. The molecule has 1 heterocycles. The van der Waals surface area contributed by atoms with Gasteiger partial charge in [-0.2, -0.15) is 0 Å². The van der Waals surface area contributed by atoms with Gasteiger partial charge in [-0.05, 0) is 25.3 Å². The van der Waals surface area contributed by atoms with Crippen LogP contribution in [0.25, 0.3) is 0 Å². The van der Waals surface area contributed by atoms with Crippen molar-refractivity contribution in [3.63, 3.8) is 0 Å². The number of hydrogen-bond acceptors (Lipinski definition) is 8. The zero-order chi connectivity index (χ0) is 23.2. The van der Waals surface area contributed by atoms with Gasteiger partial charge in [0.05, 0.1) is 19.7 Å². The molecule has 1 aliphatic rings. The van der Waals surface area contributed by atoms with Crippen LogP contribution in [0.15, 0.2) is 23.5 Å². The third kappa shape index (κ3) is 9.96. The van der Waals surface area contributed by atoms with Gasteiger partial charge in [-0.1, -0.05) is 6.08 Å². The van der Waals surface area contributed by atoms with E-state index in [0.717, 1.165) is 0 Å². The molecule has 31 heavy (non-hydrogen) atoms. The van der Waals surface area contributed by atoms with Gasteiger partial charge < -0.3 is 40.6 Å². The maximum atomic E-state index is 12.3. The largest absolute Gasteiger partial charge is 0.486 e. The SMILES string of the molecule is CC(=O)N[C@H](CN)CCC(=O)N1CC(OC(/C=C\CCCO)=C(/CO[B]O)C(=O)O)C1. The Balaban J connectivity index is 2.66. The van der Waals surface area contributed by atoms with Crippen LogP contribution < -0.4 is 11.1 Å². The van der Waals surface area contributed by atoms with Crippen LogP contribution in [0, 0.1) is 0 Å². The second-order valence-electron chi connectivity index (χ2n) is 7.04. The van der Waals surface area contributed by atoms with Crippen LogP contribution in [0.2, 0.25) is 0 Å². The van der Waals surface area contributed by atoms with Gasteiger partial charge in [-0.15, -0.1) is 0 Å². The minimum absolute atomic E-state index is 0.00522. The molecule has 6 N–H and O–H groups in total. The molecule has 0 aromatic heterocycles. The zero-order valence-corrected chi connectivity index (χ0v) is 17.7. The highest BCUT2D eigenvalue weighted by molar-refractivity contribution is 6.16. The van der Waals surface area contributed by atoms with E-state index in [0.29, 0.717) is 40.0 Å². The van der Waals surface area contributed by atoms with E-state index in [1.165, 1.54) is 13.0 Å². The highest BCUT2D eigenvalue weighted by atomic mass is 16.5. The van der Waals surface area contributed by atoms with Gasteiger partial charge in [0.1, 0.15) is 17.4 Å². The molecule has 0 saturated carbocycles. The van der Waals surface area contributed by atoms with E-state index in [4.69, 9.17) is 20.6 Å². The van der Waals surface area contributed by atoms with Crippen molar-refractivity contribution in [3.8, 4) is 0 Å². The highest BCUT2D eigenvalue weighted by Crippen LogP contribution is 2.20. The first-order valence-electron chi connectivity index (χ1n) is 10.0. The Morgan fingerprint density at radius 3 is 2.61 bits per heavy atom. The predicted molar refractivity (Wildman–Crippen MR) is 111 cm³/mol. The van der Waals surface area contributed by atoms with Crippen molar-refractivity contribution in [2.75, 3.05) is 32.8 Å². The first-order chi connectivity index (χ1) is 14.8. The van der Waals surface area contributed by atoms with Crippen LogP contribution in [-0.2, 0) is 23.8 Å². The van der Waals surface area contributed by atoms with Crippen molar-refractivity contribution in [2.45, 2.75) is 44.8 Å². The van der Waals surface area contributed by atoms with Crippen molar-refractivity contribution in [1.29, 1.82) is 0 Å². The summed E-state index contributed by atoms with van der Waals surface area (Å²) >= 11 is 0. The van der Waals surface area contributed by atoms with E-state index in [9.17, 15) is 19.5 Å². The van der Waals surface area contributed by atoms with Crippen LogP contribution in [0.4, 0.5) is 0 Å². The molecule has 1 radical (unpaired) electrons. The number of nitrogens with one attached hydrogen (secondary N) is 1. The molecule has 1 rings (SSSR count). The number of nitrogens with zero attached hydrogens (tertiary/aromatic N) is 1. The van der Waals surface area contributed by atoms with E-state index in [1.807, 2.05) is 0 Å². The number of carboxylic acids is 1. The summed E-state index contributed by atoms with van der Waals surface area (Å²) in [6.45, 7) is 1.82. The van der Waals surface area contributed by atoms with E-state index < -0.39 is 18.7 Å². The number of allylic oxidation sites excluding steroid dienone is 2. The average molecular weight is 440 g/mol. The summed E-state index contributed by atoms with van der Waals surface area (Å²) in [5, 5.41) is 29.7. The molecular weight excluding hydrogens is 409 g/mol. The zero-order valence-electron chi connectivity index (χ0n) is 17.7. The topological polar surface area (TPSA) is 172 Å². The summed E-state index contributed by atoms with van der Waals surface area (Å²) in [5.41, 5.74) is 5.41. The number of aliphatic hydroxyl groups is 1. The summed E-state index contributed by atoms with van der Waals surface area (Å²) in [5.74, 6) is -1.51. The Kier molecular flexibility index (Phi) is 12.5. The molecule has 2 amide bonds. The first kappa shape index (κ1) is 26.6. The summed E-state index contributed by atoms with van der Waals surface area (Å²) in [7, 11) is 0.398. The molecule has 0 aromatic carbocycles. The number of carbonyl (C=O) groups excluding carboxylic acids is 2. The van der Waals surface area contributed by atoms with Gasteiger partial charge in [0, 0.05) is 32.5 Å². The molecule has 0 unspecified atom stereocenters. The maximum Gasteiger partial charge on any atom is 0.485 e. The molecule has 11 nitrogen and oxygen atoms in total. The lowest BCUT2D eigenvalue weighted by atomic mass is 10.1. The number of carboxylic acid groups (broad SMARTS) is 1. The van der Waals surface area contributed by atoms with Gasteiger partial charge >= 0.3 is 13.7 Å². The monoisotopic (exact) mass is 440 g/mol. The Morgan fingerprint density at radius 2 is 2.06 bits per heavy atom. The second kappa shape index (κ2) is 14.6. The van der Waals surface area contributed by atoms with Crippen LogP contribution in [0.5, 0.6) is 0 Å². The quantitative estimate of drug-likeness (QED) is 0.0680. The highest BCUT2D eigenvalue weighted by Gasteiger charge is 2.33. The molecule has 1 atom stereocenters.